The fourth-order valence-electron chi connectivity index (χ4n) is 2.07. The SMILES string of the molecule is CNCc1cccc(OC)c1OCc1cncc(C)c1. The minimum Gasteiger partial charge on any atom is -0.493 e. The maximum absolute atomic E-state index is 5.95. The summed E-state index contributed by atoms with van der Waals surface area (Å²) in [6.45, 7) is 3.23. The first kappa shape index (κ1) is 14.3. The van der Waals surface area contributed by atoms with Crippen molar-refractivity contribution in [2.75, 3.05) is 14.2 Å². The Kier molecular flexibility index (Phi) is 4.96. The van der Waals surface area contributed by atoms with Crippen molar-refractivity contribution in [1.82, 2.24) is 10.3 Å². The van der Waals surface area contributed by atoms with E-state index in [4.69, 9.17) is 9.47 Å². The Morgan fingerprint density at radius 3 is 2.80 bits per heavy atom. The van der Waals surface area contributed by atoms with Crippen LogP contribution in [0, 0.1) is 6.92 Å². The number of nitrogens with zero attached hydrogens (tertiary/aromatic N) is 1. The lowest BCUT2D eigenvalue weighted by Gasteiger charge is -2.15. The summed E-state index contributed by atoms with van der Waals surface area (Å²) in [5.41, 5.74) is 3.25. The van der Waals surface area contributed by atoms with Gasteiger partial charge in [-0.1, -0.05) is 12.1 Å². The Hall–Kier alpha value is -2.07. The third kappa shape index (κ3) is 3.48. The van der Waals surface area contributed by atoms with E-state index in [2.05, 4.69) is 16.4 Å². The number of ether oxygens (including phenoxy) is 2. The van der Waals surface area contributed by atoms with E-state index in [0.717, 1.165) is 34.7 Å². The molecule has 4 nitrogen and oxygen atoms in total. The maximum atomic E-state index is 5.95. The monoisotopic (exact) mass is 272 g/mol. The van der Waals surface area contributed by atoms with Gasteiger partial charge in [0.15, 0.2) is 11.5 Å². The fraction of sp³-hybridized carbons (Fsp3) is 0.312. The van der Waals surface area contributed by atoms with E-state index in [0.29, 0.717) is 6.61 Å². The largest absolute Gasteiger partial charge is 0.493 e. The number of para-hydroxylation sites is 1. The van der Waals surface area contributed by atoms with E-state index < -0.39 is 0 Å². The molecule has 1 N–H and O–H groups in total. The Balaban J connectivity index is 2.19. The molecule has 0 aliphatic rings. The molecule has 1 aromatic carbocycles. The lowest BCUT2D eigenvalue weighted by Crippen LogP contribution is -2.08. The molecule has 0 amide bonds. The summed E-state index contributed by atoms with van der Waals surface area (Å²) in [5.74, 6) is 1.53. The Bertz CT molecular complexity index is 570. The van der Waals surface area contributed by atoms with Gasteiger partial charge in [0.2, 0.25) is 0 Å². The molecule has 0 bridgehead atoms. The van der Waals surface area contributed by atoms with Crippen molar-refractivity contribution in [3.8, 4) is 11.5 Å². The molecular formula is C16H20N2O2. The first-order chi connectivity index (χ1) is 9.74. The van der Waals surface area contributed by atoms with Crippen molar-refractivity contribution in [3.05, 3.63) is 53.3 Å². The molecule has 0 aliphatic heterocycles. The molecule has 106 valence electrons. The summed E-state index contributed by atoms with van der Waals surface area (Å²) in [6.07, 6.45) is 3.65. The topological polar surface area (TPSA) is 43.4 Å². The van der Waals surface area contributed by atoms with Crippen molar-refractivity contribution in [2.45, 2.75) is 20.1 Å². The van der Waals surface area contributed by atoms with E-state index in [1.165, 1.54) is 0 Å². The molecule has 1 heterocycles. The molecule has 0 fully saturated rings. The second-order valence-electron chi connectivity index (χ2n) is 4.64. The van der Waals surface area contributed by atoms with Crippen LogP contribution in [-0.4, -0.2) is 19.1 Å². The minimum absolute atomic E-state index is 0.478. The second kappa shape index (κ2) is 6.91. The molecule has 4 heteroatoms. The lowest BCUT2D eigenvalue weighted by molar-refractivity contribution is 0.280. The highest BCUT2D eigenvalue weighted by Gasteiger charge is 2.10. The first-order valence-electron chi connectivity index (χ1n) is 6.58. The highest BCUT2D eigenvalue weighted by Crippen LogP contribution is 2.31. The van der Waals surface area contributed by atoms with E-state index in [1.54, 1.807) is 7.11 Å². The van der Waals surface area contributed by atoms with E-state index in [-0.39, 0.29) is 0 Å². The Labute approximate surface area is 119 Å². The van der Waals surface area contributed by atoms with Gasteiger partial charge in [-0.2, -0.15) is 0 Å². The van der Waals surface area contributed by atoms with E-state index in [9.17, 15) is 0 Å². The summed E-state index contributed by atoms with van der Waals surface area (Å²) in [6, 6.07) is 7.97. The van der Waals surface area contributed by atoms with Crippen LogP contribution in [-0.2, 0) is 13.2 Å². The maximum Gasteiger partial charge on any atom is 0.166 e. The summed E-state index contributed by atoms with van der Waals surface area (Å²) in [5, 5.41) is 3.14. The van der Waals surface area contributed by atoms with Gasteiger partial charge in [0.1, 0.15) is 6.61 Å². The van der Waals surface area contributed by atoms with Crippen molar-refractivity contribution < 1.29 is 9.47 Å². The quantitative estimate of drug-likeness (QED) is 0.878. The minimum atomic E-state index is 0.478. The van der Waals surface area contributed by atoms with Crippen LogP contribution in [0.15, 0.2) is 36.7 Å². The number of rotatable bonds is 6. The number of benzene rings is 1. The van der Waals surface area contributed by atoms with Gasteiger partial charge in [0.05, 0.1) is 7.11 Å². The normalized spacial score (nSPS) is 10.3. The van der Waals surface area contributed by atoms with Crippen LogP contribution in [0.1, 0.15) is 16.7 Å². The Morgan fingerprint density at radius 1 is 1.25 bits per heavy atom. The predicted octanol–water partition coefficient (Wildman–Crippen LogP) is 2.70. The van der Waals surface area contributed by atoms with Crippen LogP contribution in [0.3, 0.4) is 0 Å². The number of methoxy groups -OCH3 is 1. The zero-order valence-corrected chi connectivity index (χ0v) is 12.1. The van der Waals surface area contributed by atoms with Gasteiger partial charge >= 0.3 is 0 Å². The summed E-state index contributed by atoms with van der Waals surface area (Å²) in [7, 11) is 3.56. The van der Waals surface area contributed by atoms with Gasteiger partial charge < -0.3 is 14.8 Å². The average Bonchev–Trinajstić information content (AvgIpc) is 2.46. The summed E-state index contributed by atoms with van der Waals surface area (Å²) >= 11 is 0. The predicted molar refractivity (Wildman–Crippen MR) is 79.1 cm³/mol. The van der Waals surface area contributed by atoms with Gasteiger partial charge in [0, 0.05) is 30.1 Å². The number of aryl methyl sites for hydroxylation is 1. The van der Waals surface area contributed by atoms with Crippen molar-refractivity contribution >= 4 is 0 Å². The number of hydrogen-bond donors (Lipinski definition) is 1. The van der Waals surface area contributed by atoms with E-state index in [1.807, 2.05) is 44.6 Å². The van der Waals surface area contributed by atoms with Crippen LogP contribution in [0.4, 0.5) is 0 Å². The molecule has 0 radical (unpaired) electrons. The van der Waals surface area contributed by atoms with Crippen LogP contribution in [0.25, 0.3) is 0 Å². The van der Waals surface area contributed by atoms with Gasteiger partial charge in [-0.05, 0) is 31.7 Å². The van der Waals surface area contributed by atoms with Gasteiger partial charge in [-0.25, -0.2) is 0 Å². The average molecular weight is 272 g/mol. The molecule has 0 spiro atoms. The third-order valence-corrected chi connectivity index (χ3v) is 2.96. The second-order valence-corrected chi connectivity index (χ2v) is 4.64. The van der Waals surface area contributed by atoms with Crippen molar-refractivity contribution in [3.63, 3.8) is 0 Å². The van der Waals surface area contributed by atoms with Crippen LogP contribution in [0.2, 0.25) is 0 Å². The van der Waals surface area contributed by atoms with Crippen molar-refractivity contribution in [1.29, 1.82) is 0 Å². The molecule has 20 heavy (non-hydrogen) atoms. The van der Waals surface area contributed by atoms with Gasteiger partial charge in [-0.3, -0.25) is 4.98 Å². The molecule has 1 aromatic heterocycles. The standard InChI is InChI=1S/C16H20N2O2/c1-12-7-13(9-18-8-12)11-20-16-14(10-17-2)5-4-6-15(16)19-3/h4-9,17H,10-11H2,1-3H3. The van der Waals surface area contributed by atoms with Crippen LogP contribution in [0.5, 0.6) is 11.5 Å². The molecule has 0 aliphatic carbocycles. The number of nitrogens with one attached hydrogen (secondary N) is 1. The van der Waals surface area contributed by atoms with Crippen molar-refractivity contribution in [2.24, 2.45) is 0 Å². The number of pyridine rings is 1. The zero-order valence-electron chi connectivity index (χ0n) is 12.1. The lowest BCUT2D eigenvalue weighted by atomic mass is 10.2. The molecule has 2 rings (SSSR count). The van der Waals surface area contributed by atoms with Crippen LogP contribution >= 0.6 is 0 Å². The van der Waals surface area contributed by atoms with Crippen LogP contribution < -0.4 is 14.8 Å². The van der Waals surface area contributed by atoms with Gasteiger partial charge in [-0.15, -0.1) is 0 Å². The Morgan fingerprint density at radius 2 is 2.10 bits per heavy atom. The molecule has 0 atom stereocenters. The molecule has 0 saturated heterocycles. The highest BCUT2D eigenvalue weighted by atomic mass is 16.5. The highest BCUT2D eigenvalue weighted by molar-refractivity contribution is 5.46. The number of aromatic nitrogens is 1. The summed E-state index contributed by atoms with van der Waals surface area (Å²) < 4.78 is 11.3. The third-order valence-electron chi connectivity index (χ3n) is 2.96. The van der Waals surface area contributed by atoms with E-state index >= 15 is 0 Å². The molecule has 0 saturated carbocycles. The van der Waals surface area contributed by atoms with Gasteiger partial charge in [0.25, 0.3) is 0 Å². The molecule has 2 aromatic rings. The fourth-order valence-corrected chi connectivity index (χ4v) is 2.07. The first-order valence-corrected chi connectivity index (χ1v) is 6.58. The number of hydrogen-bond acceptors (Lipinski definition) is 4. The molecule has 0 unspecified atom stereocenters. The molecular weight excluding hydrogens is 252 g/mol. The smallest absolute Gasteiger partial charge is 0.166 e. The zero-order chi connectivity index (χ0) is 14.4. The summed E-state index contributed by atoms with van der Waals surface area (Å²) in [4.78, 5) is 4.17.